The summed E-state index contributed by atoms with van der Waals surface area (Å²) in [5.41, 5.74) is 0. The molecule has 0 aromatic carbocycles. The maximum Gasteiger partial charge on any atom is 0.0218 e. The van der Waals surface area contributed by atoms with Crippen LogP contribution in [0.3, 0.4) is 0 Å². The van der Waals surface area contributed by atoms with Crippen molar-refractivity contribution < 1.29 is 0 Å². The highest BCUT2D eigenvalue weighted by molar-refractivity contribution is 7.98. The molecule has 3 heteroatoms. The van der Waals surface area contributed by atoms with E-state index in [4.69, 9.17) is 0 Å². The van der Waals surface area contributed by atoms with E-state index in [1.807, 2.05) is 11.8 Å². The summed E-state index contributed by atoms with van der Waals surface area (Å²) in [6.45, 7) is 3.66. The van der Waals surface area contributed by atoms with Crippen LogP contribution in [0.2, 0.25) is 0 Å². The molecule has 1 N–H and O–H groups in total. The molecule has 1 fully saturated rings. The van der Waals surface area contributed by atoms with Crippen LogP contribution in [0.1, 0.15) is 19.3 Å². The highest BCUT2D eigenvalue weighted by atomic mass is 32.2. The van der Waals surface area contributed by atoms with Crippen molar-refractivity contribution in [2.75, 3.05) is 38.7 Å². The third kappa shape index (κ3) is 4.34. The number of nitrogens with one attached hydrogen (secondary N) is 1. The molecule has 1 rings (SSSR count). The van der Waals surface area contributed by atoms with Crippen molar-refractivity contribution in [1.82, 2.24) is 10.2 Å². The van der Waals surface area contributed by atoms with E-state index in [1.165, 1.54) is 44.6 Å². The van der Waals surface area contributed by atoms with Gasteiger partial charge in [0.25, 0.3) is 0 Å². The molecule has 1 aliphatic rings. The Kier molecular flexibility index (Phi) is 5.83. The molecule has 2 nitrogen and oxygen atoms in total. The van der Waals surface area contributed by atoms with E-state index in [0.717, 1.165) is 6.04 Å². The van der Waals surface area contributed by atoms with Crippen LogP contribution in [-0.2, 0) is 0 Å². The Bertz CT molecular complexity index is 124. The van der Waals surface area contributed by atoms with Crippen molar-refractivity contribution in [3.63, 3.8) is 0 Å². The Balaban J connectivity index is 2.09. The van der Waals surface area contributed by atoms with Crippen molar-refractivity contribution in [2.24, 2.45) is 0 Å². The second-order valence-corrected chi connectivity index (χ2v) is 4.81. The Morgan fingerprint density at radius 2 is 2.38 bits per heavy atom. The van der Waals surface area contributed by atoms with Gasteiger partial charge < -0.3 is 10.2 Å². The van der Waals surface area contributed by atoms with Crippen LogP contribution in [0.5, 0.6) is 0 Å². The molecule has 1 unspecified atom stereocenters. The minimum Gasteiger partial charge on any atom is -0.315 e. The molecule has 1 heterocycles. The number of hydrogen-bond acceptors (Lipinski definition) is 3. The van der Waals surface area contributed by atoms with E-state index in [-0.39, 0.29) is 0 Å². The molecule has 1 aliphatic heterocycles. The van der Waals surface area contributed by atoms with Crippen LogP contribution >= 0.6 is 11.8 Å². The van der Waals surface area contributed by atoms with E-state index >= 15 is 0 Å². The van der Waals surface area contributed by atoms with E-state index in [9.17, 15) is 0 Å². The van der Waals surface area contributed by atoms with Crippen LogP contribution in [0.15, 0.2) is 0 Å². The fourth-order valence-electron chi connectivity index (χ4n) is 1.85. The Morgan fingerprint density at radius 1 is 1.54 bits per heavy atom. The number of rotatable bonds is 5. The third-order valence-electron chi connectivity index (χ3n) is 2.75. The van der Waals surface area contributed by atoms with Crippen LogP contribution in [-0.4, -0.2) is 49.6 Å². The van der Waals surface area contributed by atoms with Crippen molar-refractivity contribution in [3.8, 4) is 0 Å². The second kappa shape index (κ2) is 6.68. The number of hydrogen-bond donors (Lipinski definition) is 1. The van der Waals surface area contributed by atoms with Gasteiger partial charge in [0.1, 0.15) is 0 Å². The van der Waals surface area contributed by atoms with Gasteiger partial charge in [-0.05, 0) is 51.4 Å². The SMILES string of the molecule is CSCCCN(C)C1CCCNC1. The maximum atomic E-state index is 3.46. The maximum absolute atomic E-state index is 3.46. The Morgan fingerprint density at radius 3 is 3.00 bits per heavy atom. The number of likely N-dealkylation sites (N-methyl/N-ethyl adjacent to an activating group) is 1. The predicted octanol–water partition coefficient (Wildman–Crippen LogP) is 1.42. The van der Waals surface area contributed by atoms with Crippen molar-refractivity contribution in [1.29, 1.82) is 0 Å². The summed E-state index contributed by atoms with van der Waals surface area (Å²) in [6, 6.07) is 0.788. The van der Waals surface area contributed by atoms with Crippen LogP contribution in [0, 0.1) is 0 Å². The van der Waals surface area contributed by atoms with Gasteiger partial charge in [0.15, 0.2) is 0 Å². The summed E-state index contributed by atoms with van der Waals surface area (Å²) in [7, 11) is 2.26. The molecule has 78 valence electrons. The van der Waals surface area contributed by atoms with Gasteiger partial charge in [0, 0.05) is 12.6 Å². The summed E-state index contributed by atoms with van der Waals surface area (Å²) in [6.07, 6.45) is 6.23. The van der Waals surface area contributed by atoms with Crippen LogP contribution < -0.4 is 5.32 Å². The zero-order valence-corrected chi connectivity index (χ0v) is 9.70. The lowest BCUT2D eigenvalue weighted by atomic mass is 10.1. The highest BCUT2D eigenvalue weighted by Crippen LogP contribution is 2.09. The van der Waals surface area contributed by atoms with Crippen molar-refractivity contribution in [2.45, 2.75) is 25.3 Å². The molecule has 1 atom stereocenters. The molecule has 0 radical (unpaired) electrons. The van der Waals surface area contributed by atoms with Gasteiger partial charge in [0.05, 0.1) is 0 Å². The first-order valence-electron chi connectivity index (χ1n) is 5.24. The monoisotopic (exact) mass is 202 g/mol. The lowest BCUT2D eigenvalue weighted by Crippen LogP contribution is -2.44. The van der Waals surface area contributed by atoms with Gasteiger partial charge in [-0.3, -0.25) is 0 Å². The van der Waals surface area contributed by atoms with E-state index in [2.05, 4.69) is 23.5 Å². The minimum absolute atomic E-state index is 0.788. The molecular weight excluding hydrogens is 180 g/mol. The first-order valence-corrected chi connectivity index (χ1v) is 6.64. The summed E-state index contributed by atoms with van der Waals surface area (Å²) in [5, 5.41) is 3.46. The zero-order valence-electron chi connectivity index (χ0n) is 8.88. The average molecular weight is 202 g/mol. The molecule has 0 spiro atoms. The molecule has 13 heavy (non-hydrogen) atoms. The van der Waals surface area contributed by atoms with Crippen LogP contribution in [0.4, 0.5) is 0 Å². The predicted molar refractivity (Wildman–Crippen MR) is 61.5 cm³/mol. The van der Waals surface area contributed by atoms with Crippen molar-refractivity contribution >= 4 is 11.8 Å². The summed E-state index contributed by atoms with van der Waals surface area (Å²) in [4.78, 5) is 2.52. The van der Waals surface area contributed by atoms with Gasteiger partial charge in [-0.25, -0.2) is 0 Å². The van der Waals surface area contributed by atoms with Gasteiger partial charge in [-0.2, -0.15) is 11.8 Å². The summed E-state index contributed by atoms with van der Waals surface area (Å²) < 4.78 is 0. The largest absolute Gasteiger partial charge is 0.315 e. The first-order chi connectivity index (χ1) is 6.34. The lowest BCUT2D eigenvalue weighted by molar-refractivity contribution is 0.204. The number of thioether (sulfide) groups is 1. The van der Waals surface area contributed by atoms with E-state index in [1.54, 1.807) is 0 Å². The van der Waals surface area contributed by atoms with Gasteiger partial charge >= 0.3 is 0 Å². The smallest absolute Gasteiger partial charge is 0.0218 e. The Labute approximate surface area is 86.5 Å². The molecule has 0 saturated carbocycles. The first kappa shape index (κ1) is 11.3. The molecule has 0 aliphatic carbocycles. The molecule has 0 aromatic heterocycles. The molecule has 1 saturated heterocycles. The summed E-state index contributed by atoms with van der Waals surface area (Å²) in [5.74, 6) is 1.30. The molecule has 0 amide bonds. The summed E-state index contributed by atoms with van der Waals surface area (Å²) >= 11 is 1.95. The molecule has 0 bridgehead atoms. The molecular formula is C10H22N2S. The second-order valence-electron chi connectivity index (χ2n) is 3.83. The minimum atomic E-state index is 0.788. The zero-order chi connectivity index (χ0) is 9.52. The Hall–Kier alpha value is 0.270. The topological polar surface area (TPSA) is 15.3 Å². The van der Waals surface area contributed by atoms with E-state index in [0.29, 0.717) is 0 Å². The number of nitrogens with zero attached hydrogens (tertiary/aromatic N) is 1. The lowest BCUT2D eigenvalue weighted by Gasteiger charge is -2.31. The van der Waals surface area contributed by atoms with Gasteiger partial charge in [-0.1, -0.05) is 0 Å². The molecule has 0 aromatic rings. The normalized spacial score (nSPS) is 23.8. The van der Waals surface area contributed by atoms with Gasteiger partial charge in [0.2, 0.25) is 0 Å². The van der Waals surface area contributed by atoms with Crippen LogP contribution in [0.25, 0.3) is 0 Å². The fourth-order valence-corrected chi connectivity index (χ4v) is 2.27. The van der Waals surface area contributed by atoms with E-state index < -0.39 is 0 Å². The average Bonchev–Trinajstić information content (AvgIpc) is 2.19. The quantitative estimate of drug-likeness (QED) is 0.679. The standard InChI is InChI=1S/C10H22N2S/c1-12(7-4-8-13-2)10-5-3-6-11-9-10/h10-11H,3-9H2,1-2H3. The number of piperidine rings is 1. The fraction of sp³-hybridized carbons (Fsp3) is 1.00. The highest BCUT2D eigenvalue weighted by Gasteiger charge is 2.16. The third-order valence-corrected chi connectivity index (χ3v) is 3.45. The van der Waals surface area contributed by atoms with Gasteiger partial charge in [-0.15, -0.1) is 0 Å². The van der Waals surface area contributed by atoms with Crippen molar-refractivity contribution in [3.05, 3.63) is 0 Å².